The number of hydrogen-bond donors (Lipinski definition) is 2. The average Bonchev–Trinajstić information content (AvgIpc) is 2.91. The monoisotopic (exact) mass is 488 g/mol. The van der Waals surface area contributed by atoms with Crippen molar-refractivity contribution in [1.29, 1.82) is 0 Å². The average molecular weight is 489 g/mol. The number of carbonyl (C=O) groups excluding carboxylic acids is 1. The number of carbonyl (C=O) groups is 1. The molecule has 2 aliphatic heterocycles. The van der Waals surface area contributed by atoms with Gasteiger partial charge < -0.3 is 30.1 Å². The molecular formula is C26H32N8O2. The van der Waals surface area contributed by atoms with E-state index in [-0.39, 0.29) is 6.03 Å². The molecule has 2 fully saturated rings. The predicted octanol–water partition coefficient (Wildman–Crippen LogP) is 3.08. The van der Waals surface area contributed by atoms with E-state index >= 15 is 0 Å². The van der Waals surface area contributed by atoms with Crippen molar-refractivity contribution in [3.63, 3.8) is 0 Å². The van der Waals surface area contributed by atoms with Crippen LogP contribution in [0.3, 0.4) is 0 Å². The zero-order chi connectivity index (χ0) is 24.9. The lowest BCUT2D eigenvalue weighted by atomic mass is 10.2. The molecule has 4 heterocycles. The molecule has 2 saturated heterocycles. The van der Waals surface area contributed by atoms with Crippen molar-refractivity contribution in [3.8, 4) is 11.4 Å². The van der Waals surface area contributed by atoms with Gasteiger partial charge in [-0.05, 0) is 50.4 Å². The van der Waals surface area contributed by atoms with Crippen LogP contribution in [0.25, 0.3) is 11.4 Å². The first-order chi connectivity index (χ1) is 17.5. The number of nitrogens with one attached hydrogen (secondary N) is 2. The summed E-state index contributed by atoms with van der Waals surface area (Å²) in [5, 5.41) is 5.71. The summed E-state index contributed by atoms with van der Waals surface area (Å²) in [6.45, 7) is 9.03. The number of urea groups is 1. The predicted molar refractivity (Wildman–Crippen MR) is 142 cm³/mol. The van der Waals surface area contributed by atoms with Gasteiger partial charge in [0.05, 0.1) is 25.1 Å². The lowest BCUT2D eigenvalue weighted by Crippen LogP contribution is -2.44. The number of ether oxygens (including phenoxy) is 1. The van der Waals surface area contributed by atoms with E-state index in [0.717, 1.165) is 62.0 Å². The van der Waals surface area contributed by atoms with Crippen molar-refractivity contribution in [1.82, 2.24) is 19.9 Å². The topological polar surface area (TPSA) is 98.8 Å². The number of aryl methyl sites for hydroxylation is 1. The van der Waals surface area contributed by atoms with Gasteiger partial charge >= 0.3 is 6.03 Å². The maximum Gasteiger partial charge on any atom is 0.323 e. The molecule has 3 aromatic rings. The summed E-state index contributed by atoms with van der Waals surface area (Å²) < 4.78 is 5.46. The molecule has 36 heavy (non-hydrogen) atoms. The second kappa shape index (κ2) is 10.9. The van der Waals surface area contributed by atoms with E-state index in [4.69, 9.17) is 9.72 Å². The fraction of sp³-hybridized carbons (Fsp3) is 0.385. The summed E-state index contributed by atoms with van der Waals surface area (Å²) >= 11 is 0. The standard InChI is InChI=1S/C26H32N8O2/c1-19-17-28-24(31-25(19)34-13-15-36-16-14-34)20-3-5-21(6-4-20)29-26(35)30-22-7-8-23(27-18-22)33-11-9-32(2)10-12-33/h3-8,17-18H,9-16H2,1-2H3,(H2,29,30,35). The quantitative estimate of drug-likeness (QED) is 0.566. The van der Waals surface area contributed by atoms with Crippen molar-refractivity contribution in [2.24, 2.45) is 0 Å². The SMILES string of the molecule is Cc1cnc(-c2ccc(NC(=O)Nc3ccc(N4CCN(C)CC4)nc3)cc2)nc1N1CCOCC1. The molecule has 2 amide bonds. The van der Waals surface area contributed by atoms with Gasteiger partial charge in [0.2, 0.25) is 0 Å². The van der Waals surface area contributed by atoms with E-state index in [1.54, 1.807) is 6.20 Å². The van der Waals surface area contributed by atoms with Crippen molar-refractivity contribution in [2.45, 2.75) is 6.92 Å². The molecule has 0 saturated carbocycles. The van der Waals surface area contributed by atoms with Crippen LogP contribution in [0.1, 0.15) is 5.56 Å². The number of nitrogens with zero attached hydrogens (tertiary/aromatic N) is 6. The molecule has 10 heteroatoms. The fourth-order valence-electron chi connectivity index (χ4n) is 4.35. The summed E-state index contributed by atoms with van der Waals surface area (Å²) in [6.07, 6.45) is 3.55. The molecule has 0 atom stereocenters. The van der Waals surface area contributed by atoms with Gasteiger partial charge in [0.25, 0.3) is 0 Å². The summed E-state index contributed by atoms with van der Waals surface area (Å²) in [5.74, 6) is 2.53. The minimum atomic E-state index is -0.321. The molecule has 188 valence electrons. The number of aromatic nitrogens is 3. The number of hydrogen-bond acceptors (Lipinski definition) is 8. The van der Waals surface area contributed by atoms with E-state index in [2.05, 4.69) is 42.3 Å². The lowest BCUT2D eigenvalue weighted by molar-refractivity contribution is 0.122. The first kappa shape index (κ1) is 24.0. The second-order valence-electron chi connectivity index (χ2n) is 9.15. The number of anilines is 4. The van der Waals surface area contributed by atoms with Crippen LogP contribution in [-0.2, 0) is 4.74 Å². The molecule has 0 aliphatic carbocycles. The van der Waals surface area contributed by atoms with Gasteiger partial charge in [0.1, 0.15) is 11.6 Å². The van der Waals surface area contributed by atoms with Crippen LogP contribution in [0.5, 0.6) is 0 Å². The minimum absolute atomic E-state index is 0.321. The molecular weight excluding hydrogens is 456 g/mol. The highest BCUT2D eigenvalue weighted by Gasteiger charge is 2.17. The molecule has 5 rings (SSSR count). The van der Waals surface area contributed by atoms with Gasteiger partial charge in [0.15, 0.2) is 5.82 Å². The highest BCUT2D eigenvalue weighted by molar-refractivity contribution is 5.99. The Morgan fingerprint density at radius 2 is 1.53 bits per heavy atom. The van der Waals surface area contributed by atoms with E-state index in [1.807, 2.05) is 49.5 Å². The Morgan fingerprint density at radius 3 is 2.22 bits per heavy atom. The number of rotatable bonds is 5. The highest BCUT2D eigenvalue weighted by Crippen LogP contribution is 2.24. The van der Waals surface area contributed by atoms with Crippen LogP contribution in [0, 0.1) is 6.92 Å². The third-order valence-corrected chi connectivity index (χ3v) is 6.49. The van der Waals surface area contributed by atoms with Gasteiger partial charge in [-0.2, -0.15) is 0 Å². The Morgan fingerprint density at radius 1 is 0.833 bits per heavy atom. The van der Waals surface area contributed by atoms with E-state index in [1.165, 1.54) is 0 Å². The number of benzene rings is 1. The van der Waals surface area contributed by atoms with Crippen LogP contribution in [0.4, 0.5) is 27.8 Å². The largest absolute Gasteiger partial charge is 0.378 e. The van der Waals surface area contributed by atoms with Crippen LogP contribution in [-0.4, -0.2) is 85.4 Å². The maximum atomic E-state index is 12.5. The van der Waals surface area contributed by atoms with Gasteiger partial charge in [0, 0.05) is 62.3 Å². The number of amides is 2. The third kappa shape index (κ3) is 5.72. The van der Waals surface area contributed by atoms with Crippen LogP contribution >= 0.6 is 0 Å². The Hall–Kier alpha value is -3.76. The minimum Gasteiger partial charge on any atom is -0.378 e. The van der Waals surface area contributed by atoms with Gasteiger partial charge in [-0.15, -0.1) is 0 Å². The van der Waals surface area contributed by atoms with Gasteiger partial charge in [-0.25, -0.2) is 19.7 Å². The molecule has 10 nitrogen and oxygen atoms in total. The molecule has 1 aromatic carbocycles. The zero-order valence-electron chi connectivity index (χ0n) is 20.8. The van der Waals surface area contributed by atoms with Crippen LogP contribution in [0.15, 0.2) is 48.8 Å². The van der Waals surface area contributed by atoms with Crippen LogP contribution < -0.4 is 20.4 Å². The van der Waals surface area contributed by atoms with E-state index in [9.17, 15) is 4.79 Å². The van der Waals surface area contributed by atoms with Crippen molar-refractivity contribution in [3.05, 3.63) is 54.4 Å². The molecule has 2 N–H and O–H groups in total. The molecule has 0 spiro atoms. The maximum absolute atomic E-state index is 12.5. The van der Waals surface area contributed by atoms with Crippen molar-refractivity contribution >= 4 is 29.0 Å². The Bertz CT molecular complexity index is 1170. The number of likely N-dealkylation sites (N-methyl/N-ethyl adjacent to an activating group) is 1. The summed E-state index contributed by atoms with van der Waals surface area (Å²) in [7, 11) is 2.13. The molecule has 0 unspecified atom stereocenters. The molecule has 0 radical (unpaired) electrons. The number of morpholine rings is 1. The number of pyridine rings is 1. The summed E-state index contributed by atoms with van der Waals surface area (Å²) in [5.41, 5.74) is 3.25. The zero-order valence-corrected chi connectivity index (χ0v) is 20.8. The summed E-state index contributed by atoms with van der Waals surface area (Å²) in [4.78, 5) is 33.1. The van der Waals surface area contributed by atoms with Crippen LogP contribution in [0.2, 0.25) is 0 Å². The van der Waals surface area contributed by atoms with Crippen molar-refractivity contribution in [2.75, 3.05) is 80.0 Å². The molecule has 2 aliphatic rings. The Labute approximate surface area is 211 Å². The summed E-state index contributed by atoms with van der Waals surface area (Å²) in [6, 6.07) is 11.0. The Balaban J connectivity index is 1.18. The third-order valence-electron chi connectivity index (χ3n) is 6.49. The fourth-order valence-corrected chi connectivity index (χ4v) is 4.35. The second-order valence-corrected chi connectivity index (χ2v) is 9.15. The van der Waals surface area contributed by atoms with E-state index < -0.39 is 0 Å². The smallest absolute Gasteiger partial charge is 0.323 e. The first-order valence-electron chi connectivity index (χ1n) is 12.3. The molecule has 2 aromatic heterocycles. The van der Waals surface area contributed by atoms with Crippen molar-refractivity contribution < 1.29 is 9.53 Å². The van der Waals surface area contributed by atoms with Gasteiger partial charge in [-0.3, -0.25) is 0 Å². The van der Waals surface area contributed by atoms with Gasteiger partial charge in [-0.1, -0.05) is 0 Å². The normalized spacial score (nSPS) is 16.6. The first-order valence-corrected chi connectivity index (χ1v) is 12.3. The van der Waals surface area contributed by atoms with E-state index in [0.29, 0.717) is 30.4 Å². The Kier molecular flexibility index (Phi) is 7.24. The molecule has 0 bridgehead atoms. The highest BCUT2D eigenvalue weighted by atomic mass is 16.5. The number of piperazine rings is 1. The lowest BCUT2D eigenvalue weighted by Gasteiger charge is -2.33.